The van der Waals surface area contributed by atoms with Crippen molar-refractivity contribution >= 4 is 23.1 Å². The largest absolute Gasteiger partial charge is 0.497 e. The number of amides is 1. The van der Waals surface area contributed by atoms with Crippen LogP contribution in [-0.2, 0) is 11.3 Å². The lowest BCUT2D eigenvalue weighted by atomic mass is 9.83. The molecule has 7 nitrogen and oxygen atoms in total. The average Bonchev–Trinajstić information content (AvgIpc) is 2.87. The summed E-state index contributed by atoms with van der Waals surface area (Å²) in [7, 11) is 1.57. The smallest absolute Gasteiger partial charge is 0.266 e. The number of aliphatic imine (C=N–C) groups is 1. The summed E-state index contributed by atoms with van der Waals surface area (Å²) in [5.41, 5.74) is 1.26. The van der Waals surface area contributed by atoms with E-state index >= 15 is 0 Å². The third-order valence-corrected chi connectivity index (χ3v) is 6.49. The highest BCUT2D eigenvalue weighted by molar-refractivity contribution is 6.44. The first-order valence-electron chi connectivity index (χ1n) is 11.6. The SMILES string of the molecule is COc1cccc(CNC(=O)C2=Nc3ccc(F)c(OCC4CCC(CO)CC4)c3C(=O)C2)c1. The standard InChI is InChI=1S/C26H29FN2O5/c1-33-19-4-2-3-18(11-19)13-28-26(32)22-12-23(31)24-21(29-22)10-9-20(27)25(24)34-15-17-7-5-16(14-30)6-8-17/h2-4,9-11,16-17,30H,5-8,12-15H2,1H3,(H,28,32). The van der Waals surface area contributed by atoms with E-state index in [9.17, 15) is 19.1 Å². The number of carbonyl (C=O) groups excluding carboxylic acids is 2. The van der Waals surface area contributed by atoms with Gasteiger partial charge in [0.05, 0.1) is 31.4 Å². The summed E-state index contributed by atoms with van der Waals surface area (Å²) in [5, 5.41) is 12.1. The molecule has 0 unspecified atom stereocenters. The van der Waals surface area contributed by atoms with Crippen LogP contribution in [0.5, 0.6) is 11.5 Å². The number of aliphatic hydroxyl groups is 1. The van der Waals surface area contributed by atoms with E-state index in [-0.39, 0.29) is 48.2 Å². The van der Waals surface area contributed by atoms with Crippen molar-refractivity contribution in [2.24, 2.45) is 16.8 Å². The van der Waals surface area contributed by atoms with Crippen molar-refractivity contribution in [1.82, 2.24) is 5.32 Å². The van der Waals surface area contributed by atoms with Crippen LogP contribution in [0, 0.1) is 17.7 Å². The van der Waals surface area contributed by atoms with E-state index in [0.717, 1.165) is 31.2 Å². The normalized spacial score (nSPS) is 19.7. The Balaban J connectivity index is 1.44. The van der Waals surface area contributed by atoms with Gasteiger partial charge >= 0.3 is 0 Å². The molecule has 2 N–H and O–H groups in total. The van der Waals surface area contributed by atoms with Crippen LogP contribution < -0.4 is 14.8 Å². The molecule has 0 saturated heterocycles. The average molecular weight is 469 g/mol. The van der Waals surface area contributed by atoms with Gasteiger partial charge in [0.1, 0.15) is 11.5 Å². The third-order valence-electron chi connectivity index (χ3n) is 6.49. The van der Waals surface area contributed by atoms with Gasteiger partial charge in [0.2, 0.25) is 0 Å². The zero-order chi connectivity index (χ0) is 24.1. The van der Waals surface area contributed by atoms with Gasteiger partial charge in [-0.3, -0.25) is 9.59 Å². The summed E-state index contributed by atoms with van der Waals surface area (Å²) >= 11 is 0. The van der Waals surface area contributed by atoms with Gasteiger partial charge in [-0.2, -0.15) is 0 Å². The van der Waals surface area contributed by atoms with E-state index < -0.39 is 17.5 Å². The van der Waals surface area contributed by atoms with Crippen molar-refractivity contribution < 1.29 is 28.6 Å². The molecule has 1 saturated carbocycles. The molecule has 0 aromatic heterocycles. The second kappa shape index (κ2) is 10.8. The Hall–Kier alpha value is -3.26. The van der Waals surface area contributed by atoms with Gasteiger partial charge in [0.15, 0.2) is 17.3 Å². The Bertz CT molecular complexity index is 1090. The number of methoxy groups -OCH3 is 1. The van der Waals surface area contributed by atoms with Crippen molar-refractivity contribution in [3.8, 4) is 11.5 Å². The van der Waals surface area contributed by atoms with Crippen LogP contribution in [0.1, 0.15) is 48.0 Å². The lowest BCUT2D eigenvalue weighted by molar-refractivity contribution is -0.115. The summed E-state index contributed by atoms with van der Waals surface area (Å²) in [6.45, 7) is 0.749. The van der Waals surface area contributed by atoms with Gasteiger partial charge in [-0.25, -0.2) is 9.38 Å². The van der Waals surface area contributed by atoms with Crippen molar-refractivity contribution in [2.45, 2.75) is 38.6 Å². The number of benzene rings is 2. The Morgan fingerprint density at radius 1 is 1.18 bits per heavy atom. The maximum atomic E-state index is 14.6. The van der Waals surface area contributed by atoms with Crippen LogP contribution in [0.3, 0.4) is 0 Å². The summed E-state index contributed by atoms with van der Waals surface area (Å²) in [6, 6.07) is 9.92. The van der Waals surface area contributed by atoms with Gasteiger partial charge in [-0.05, 0) is 67.3 Å². The molecule has 0 bridgehead atoms. The Kier molecular flexibility index (Phi) is 7.57. The molecule has 2 aromatic rings. The molecule has 0 atom stereocenters. The minimum atomic E-state index is -0.614. The number of aliphatic hydroxyl groups excluding tert-OH is 1. The van der Waals surface area contributed by atoms with Crippen LogP contribution in [0.2, 0.25) is 0 Å². The number of fused-ring (bicyclic) bond motifs is 1. The van der Waals surface area contributed by atoms with E-state index in [1.54, 1.807) is 7.11 Å². The van der Waals surface area contributed by atoms with Crippen molar-refractivity contribution in [3.05, 3.63) is 53.3 Å². The molecule has 1 aliphatic carbocycles. The molecule has 4 rings (SSSR count). The summed E-state index contributed by atoms with van der Waals surface area (Å²) in [6.07, 6.45) is 3.39. The molecule has 0 radical (unpaired) electrons. The second-order valence-corrected chi connectivity index (χ2v) is 8.84. The van der Waals surface area contributed by atoms with E-state index in [4.69, 9.17) is 9.47 Å². The van der Waals surface area contributed by atoms with E-state index in [2.05, 4.69) is 10.3 Å². The maximum Gasteiger partial charge on any atom is 0.266 e. The molecular weight excluding hydrogens is 439 g/mol. The minimum Gasteiger partial charge on any atom is -0.497 e. The van der Waals surface area contributed by atoms with E-state index in [0.29, 0.717) is 18.3 Å². The number of halogens is 1. The number of rotatable bonds is 8. The van der Waals surface area contributed by atoms with Crippen molar-refractivity contribution in [1.29, 1.82) is 0 Å². The fourth-order valence-electron chi connectivity index (χ4n) is 4.46. The predicted molar refractivity (Wildman–Crippen MR) is 125 cm³/mol. The van der Waals surface area contributed by atoms with Gasteiger partial charge in [0.25, 0.3) is 5.91 Å². The van der Waals surface area contributed by atoms with Gasteiger partial charge in [-0.1, -0.05) is 12.1 Å². The number of Topliss-reactive ketones (excluding diaryl/α,β-unsaturated/α-hetero) is 1. The number of nitrogens with zero attached hydrogens (tertiary/aromatic N) is 1. The molecule has 34 heavy (non-hydrogen) atoms. The Labute approximate surface area is 198 Å². The van der Waals surface area contributed by atoms with Gasteiger partial charge < -0.3 is 19.9 Å². The van der Waals surface area contributed by atoms with E-state index in [1.807, 2.05) is 24.3 Å². The summed E-state index contributed by atoms with van der Waals surface area (Å²) in [4.78, 5) is 29.9. The van der Waals surface area contributed by atoms with Gasteiger partial charge in [-0.15, -0.1) is 0 Å². The zero-order valence-corrected chi connectivity index (χ0v) is 19.2. The second-order valence-electron chi connectivity index (χ2n) is 8.84. The minimum absolute atomic E-state index is 0.0836. The Morgan fingerprint density at radius 3 is 2.68 bits per heavy atom. The number of hydrogen-bond donors (Lipinski definition) is 2. The lowest BCUT2D eigenvalue weighted by Crippen LogP contribution is -2.33. The summed E-state index contributed by atoms with van der Waals surface area (Å²) < 4.78 is 25.6. The third kappa shape index (κ3) is 5.44. The molecule has 1 heterocycles. The predicted octanol–water partition coefficient (Wildman–Crippen LogP) is 3.99. The number of hydrogen-bond acceptors (Lipinski definition) is 6. The van der Waals surface area contributed by atoms with Crippen LogP contribution in [0.4, 0.5) is 10.1 Å². The Morgan fingerprint density at radius 2 is 1.94 bits per heavy atom. The molecule has 2 aliphatic rings. The quantitative estimate of drug-likeness (QED) is 0.611. The monoisotopic (exact) mass is 468 g/mol. The van der Waals surface area contributed by atoms with Gasteiger partial charge in [0, 0.05) is 13.2 Å². The topological polar surface area (TPSA) is 97.2 Å². The highest BCUT2D eigenvalue weighted by Gasteiger charge is 2.30. The molecule has 8 heteroatoms. The van der Waals surface area contributed by atoms with E-state index in [1.165, 1.54) is 12.1 Å². The number of ketones is 1. The molecule has 0 spiro atoms. The van der Waals surface area contributed by atoms with Crippen LogP contribution >= 0.6 is 0 Å². The summed E-state index contributed by atoms with van der Waals surface area (Å²) in [5.74, 6) is -0.296. The number of nitrogens with one attached hydrogen (secondary N) is 1. The number of carbonyl (C=O) groups is 2. The molecule has 2 aromatic carbocycles. The molecule has 180 valence electrons. The molecule has 1 amide bonds. The first kappa shape index (κ1) is 23.9. The molecule has 1 aliphatic heterocycles. The van der Waals surface area contributed by atoms with Crippen molar-refractivity contribution in [3.63, 3.8) is 0 Å². The highest BCUT2D eigenvalue weighted by Crippen LogP contribution is 2.37. The maximum absolute atomic E-state index is 14.6. The molecular formula is C26H29FN2O5. The van der Waals surface area contributed by atoms with Crippen molar-refractivity contribution in [2.75, 3.05) is 20.3 Å². The van der Waals surface area contributed by atoms with Crippen LogP contribution in [-0.4, -0.2) is 42.8 Å². The van der Waals surface area contributed by atoms with Crippen LogP contribution in [0.15, 0.2) is 41.4 Å². The fourth-order valence-corrected chi connectivity index (χ4v) is 4.46. The first-order valence-corrected chi connectivity index (χ1v) is 11.6. The highest BCUT2D eigenvalue weighted by atomic mass is 19.1. The van der Waals surface area contributed by atoms with Crippen LogP contribution in [0.25, 0.3) is 0 Å². The lowest BCUT2D eigenvalue weighted by Gasteiger charge is -2.27. The molecule has 1 fully saturated rings. The first-order chi connectivity index (χ1) is 16.5. The number of ether oxygens (including phenoxy) is 2. The zero-order valence-electron chi connectivity index (χ0n) is 19.2. The fraction of sp³-hybridized carbons (Fsp3) is 0.423.